The van der Waals surface area contributed by atoms with Gasteiger partial charge in [0.25, 0.3) is 0 Å². The van der Waals surface area contributed by atoms with E-state index in [1.54, 1.807) is 7.11 Å². The monoisotopic (exact) mass is 189 g/mol. The van der Waals surface area contributed by atoms with Crippen molar-refractivity contribution in [1.82, 2.24) is 4.90 Å². The lowest BCUT2D eigenvalue weighted by Gasteiger charge is -2.19. The summed E-state index contributed by atoms with van der Waals surface area (Å²) in [4.78, 5) is 12.8. The Morgan fingerprint density at radius 1 is 1.46 bits per heavy atom. The Labute approximate surface area is 79.8 Å². The summed E-state index contributed by atoms with van der Waals surface area (Å²) in [5.41, 5.74) is 0. The first kappa shape index (κ1) is 12.4. The molecule has 0 radical (unpaired) electrons. The standard InChI is InChI=1S/C9H19NO3/c1-8(12-3)7-10(2)6-5-9(11)13-4/h8H,5-7H2,1-4H3. The fourth-order valence-electron chi connectivity index (χ4n) is 0.989. The van der Waals surface area contributed by atoms with E-state index in [0.717, 1.165) is 6.54 Å². The van der Waals surface area contributed by atoms with Gasteiger partial charge in [-0.25, -0.2) is 0 Å². The Hall–Kier alpha value is -0.610. The fourth-order valence-corrected chi connectivity index (χ4v) is 0.989. The number of esters is 1. The van der Waals surface area contributed by atoms with E-state index in [1.807, 2.05) is 18.9 Å². The molecule has 1 atom stereocenters. The average molecular weight is 189 g/mol. The largest absolute Gasteiger partial charge is 0.469 e. The lowest BCUT2D eigenvalue weighted by molar-refractivity contribution is -0.141. The summed E-state index contributed by atoms with van der Waals surface area (Å²) in [5, 5.41) is 0. The summed E-state index contributed by atoms with van der Waals surface area (Å²) in [6, 6.07) is 0. The first-order valence-electron chi connectivity index (χ1n) is 4.38. The molecule has 0 fully saturated rings. The molecule has 0 spiro atoms. The topological polar surface area (TPSA) is 38.8 Å². The van der Waals surface area contributed by atoms with Gasteiger partial charge in [-0.2, -0.15) is 0 Å². The van der Waals surface area contributed by atoms with Crippen LogP contribution in [0.5, 0.6) is 0 Å². The predicted octanol–water partition coefficient (Wildman–Crippen LogP) is 0.516. The fraction of sp³-hybridized carbons (Fsp3) is 0.889. The molecule has 0 saturated heterocycles. The van der Waals surface area contributed by atoms with Gasteiger partial charge in [-0.05, 0) is 14.0 Å². The van der Waals surface area contributed by atoms with Crippen LogP contribution in [-0.2, 0) is 14.3 Å². The first-order chi connectivity index (χ1) is 6.10. The molecule has 13 heavy (non-hydrogen) atoms. The predicted molar refractivity (Wildman–Crippen MR) is 50.6 cm³/mol. The third kappa shape index (κ3) is 6.54. The molecular weight excluding hydrogens is 170 g/mol. The SMILES string of the molecule is COC(=O)CCN(C)CC(C)OC. The molecule has 0 saturated carbocycles. The van der Waals surface area contributed by atoms with Gasteiger partial charge in [0.2, 0.25) is 0 Å². The van der Waals surface area contributed by atoms with E-state index in [4.69, 9.17) is 4.74 Å². The van der Waals surface area contributed by atoms with Crippen LogP contribution < -0.4 is 0 Å². The molecule has 0 aromatic heterocycles. The molecule has 0 aliphatic carbocycles. The molecule has 0 aromatic rings. The Morgan fingerprint density at radius 3 is 2.54 bits per heavy atom. The van der Waals surface area contributed by atoms with Crippen LogP contribution in [0.25, 0.3) is 0 Å². The number of hydrogen-bond acceptors (Lipinski definition) is 4. The van der Waals surface area contributed by atoms with Crippen LogP contribution in [0.2, 0.25) is 0 Å². The molecule has 0 rings (SSSR count). The van der Waals surface area contributed by atoms with E-state index in [2.05, 4.69) is 4.74 Å². The van der Waals surface area contributed by atoms with Crippen molar-refractivity contribution >= 4 is 5.97 Å². The molecule has 4 heteroatoms. The van der Waals surface area contributed by atoms with Gasteiger partial charge >= 0.3 is 5.97 Å². The van der Waals surface area contributed by atoms with Gasteiger partial charge < -0.3 is 14.4 Å². The van der Waals surface area contributed by atoms with E-state index in [0.29, 0.717) is 13.0 Å². The molecule has 4 nitrogen and oxygen atoms in total. The third-order valence-corrected chi connectivity index (χ3v) is 1.90. The van der Waals surface area contributed by atoms with Crippen LogP contribution in [0.1, 0.15) is 13.3 Å². The zero-order chi connectivity index (χ0) is 10.3. The lowest BCUT2D eigenvalue weighted by atomic mass is 10.3. The number of methoxy groups -OCH3 is 2. The maximum atomic E-state index is 10.8. The molecule has 78 valence electrons. The molecule has 0 aromatic carbocycles. The molecule has 0 heterocycles. The second-order valence-electron chi connectivity index (χ2n) is 3.13. The number of hydrogen-bond donors (Lipinski definition) is 0. The normalized spacial score (nSPS) is 13.0. The smallest absolute Gasteiger partial charge is 0.306 e. The van der Waals surface area contributed by atoms with Crippen LogP contribution in [0, 0.1) is 0 Å². The number of carbonyl (C=O) groups is 1. The van der Waals surface area contributed by atoms with E-state index in [-0.39, 0.29) is 12.1 Å². The zero-order valence-corrected chi connectivity index (χ0v) is 8.87. The van der Waals surface area contributed by atoms with Gasteiger partial charge in [-0.15, -0.1) is 0 Å². The van der Waals surface area contributed by atoms with Crippen molar-refractivity contribution in [3.05, 3.63) is 0 Å². The first-order valence-corrected chi connectivity index (χ1v) is 4.38. The van der Waals surface area contributed by atoms with Crippen LogP contribution >= 0.6 is 0 Å². The van der Waals surface area contributed by atoms with E-state index < -0.39 is 0 Å². The Morgan fingerprint density at radius 2 is 2.08 bits per heavy atom. The summed E-state index contributed by atoms with van der Waals surface area (Å²) in [6.45, 7) is 3.53. The van der Waals surface area contributed by atoms with Crippen molar-refractivity contribution in [3.63, 3.8) is 0 Å². The summed E-state index contributed by atoms with van der Waals surface area (Å²) < 4.78 is 9.63. The minimum absolute atomic E-state index is 0.170. The van der Waals surface area contributed by atoms with Gasteiger partial charge in [0.05, 0.1) is 19.6 Å². The van der Waals surface area contributed by atoms with Crippen LogP contribution in [0.4, 0.5) is 0 Å². The molecule has 0 aliphatic heterocycles. The van der Waals surface area contributed by atoms with Crippen LogP contribution in [-0.4, -0.2) is 51.3 Å². The van der Waals surface area contributed by atoms with Crippen molar-refractivity contribution in [1.29, 1.82) is 0 Å². The van der Waals surface area contributed by atoms with Crippen molar-refractivity contribution in [2.24, 2.45) is 0 Å². The molecular formula is C9H19NO3. The van der Waals surface area contributed by atoms with Crippen molar-refractivity contribution < 1.29 is 14.3 Å². The maximum Gasteiger partial charge on any atom is 0.306 e. The van der Waals surface area contributed by atoms with Gasteiger partial charge in [-0.1, -0.05) is 0 Å². The van der Waals surface area contributed by atoms with Crippen molar-refractivity contribution in [2.45, 2.75) is 19.4 Å². The van der Waals surface area contributed by atoms with Gasteiger partial charge in [0.15, 0.2) is 0 Å². The van der Waals surface area contributed by atoms with Gasteiger partial charge in [-0.3, -0.25) is 4.79 Å². The van der Waals surface area contributed by atoms with Crippen molar-refractivity contribution in [2.75, 3.05) is 34.4 Å². The molecule has 0 bridgehead atoms. The lowest BCUT2D eigenvalue weighted by Crippen LogP contribution is -2.30. The molecule has 0 aliphatic rings. The highest BCUT2D eigenvalue weighted by Gasteiger charge is 2.07. The summed E-state index contributed by atoms with van der Waals surface area (Å²) >= 11 is 0. The van der Waals surface area contributed by atoms with E-state index in [1.165, 1.54) is 7.11 Å². The van der Waals surface area contributed by atoms with Crippen LogP contribution in [0.15, 0.2) is 0 Å². The highest BCUT2D eigenvalue weighted by molar-refractivity contribution is 5.69. The Bertz CT molecular complexity index is 150. The number of nitrogens with zero attached hydrogens (tertiary/aromatic N) is 1. The zero-order valence-electron chi connectivity index (χ0n) is 8.87. The second kappa shape index (κ2) is 6.86. The van der Waals surface area contributed by atoms with Gasteiger partial charge in [0.1, 0.15) is 0 Å². The minimum Gasteiger partial charge on any atom is -0.469 e. The number of likely N-dealkylation sites (N-methyl/N-ethyl adjacent to an activating group) is 1. The van der Waals surface area contributed by atoms with Crippen LogP contribution in [0.3, 0.4) is 0 Å². The quantitative estimate of drug-likeness (QED) is 0.571. The second-order valence-corrected chi connectivity index (χ2v) is 3.13. The average Bonchev–Trinajstić information content (AvgIpc) is 2.13. The summed E-state index contributed by atoms with van der Waals surface area (Å²) in [7, 11) is 5.04. The van der Waals surface area contributed by atoms with Crippen molar-refractivity contribution in [3.8, 4) is 0 Å². The third-order valence-electron chi connectivity index (χ3n) is 1.90. The maximum absolute atomic E-state index is 10.8. The highest BCUT2D eigenvalue weighted by Crippen LogP contribution is 1.94. The van der Waals surface area contributed by atoms with E-state index >= 15 is 0 Å². The summed E-state index contributed by atoms with van der Waals surface area (Å²) in [5.74, 6) is -0.170. The van der Waals surface area contributed by atoms with E-state index in [9.17, 15) is 4.79 Å². The molecule has 0 amide bonds. The highest BCUT2D eigenvalue weighted by atomic mass is 16.5. The molecule has 1 unspecified atom stereocenters. The minimum atomic E-state index is -0.170. The Balaban J connectivity index is 3.50. The number of carbonyl (C=O) groups excluding carboxylic acids is 1. The number of rotatable bonds is 6. The number of ether oxygens (including phenoxy) is 2. The Kier molecular flexibility index (Phi) is 6.54. The van der Waals surface area contributed by atoms with Gasteiger partial charge in [0, 0.05) is 20.2 Å². The summed E-state index contributed by atoms with van der Waals surface area (Å²) in [6.07, 6.45) is 0.631. The molecule has 0 N–H and O–H groups in total.